The minimum absolute atomic E-state index is 0.0641. The van der Waals surface area contributed by atoms with Gasteiger partial charge in [-0.25, -0.2) is 0 Å². The first-order valence-corrected chi connectivity index (χ1v) is 7.52. The fraction of sp³-hybridized carbons (Fsp3) is 0.500. The molecule has 0 atom stereocenters. The Morgan fingerprint density at radius 2 is 1.88 bits per heavy atom. The Labute approximate surface area is 114 Å². The van der Waals surface area contributed by atoms with Gasteiger partial charge < -0.3 is 4.90 Å². The third-order valence-electron chi connectivity index (χ3n) is 2.55. The predicted molar refractivity (Wildman–Crippen MR) is 74.4 cm³/mol. The molecule has 0 saturated carbocycles. The molecule has 0 spiro atoms. The van der Waals surface area contributed by atoms with E-state index in [1.165, 1.54) is 23.5 Å². The lowest BCUT2D eigenvalue weighted by Gasteiger charge is -2.15. The molecule has 0 radical (unpaired) electrons. The van der Waals surface area contributed by atoms with Gasteiger partial charge in [0.1, 0.15) is 9.23 Å². The fourth-order valence-corrected chi connectivity index (χ4v) is 4.38. The second kappa shape index (κ2) is 4.99. The Bertz CT molecular complexity index is 433. The monoisotopic (exact) mass is 288 g/mol. The average Bonchev–Trinajstić information content (AvgIpc) is 2.79. The third-order valence-corrected chi connectivity index (χ3v) is 5.21. The first-order chi connectivity index (χ1) is 8.10. The minimum Gasteiger partial charge on any atom is -0.305 e. The van der Waals surface area contributed by atoms with Crippen LogP contribution in [0, 0.1) is 0 Å². The van der Waals surface area contributed by atoms with Gasteiger partial charge in [0.2, 0.25) is 5.91 Å². The van der Waals surface area contributed by atoms with Crippen molar-refractivity contribution < 1.29 is 9.59 Å². The molecule has 2 fully saturated rings. The molecule has 0 bridgehead atoms. The van der Waals surface area contributed by atoms with Crippen molar-refractivity contribution in [3.05, 3.63) is 9.93 Å². The van der Waals surface area contributed by atoms with E-state index in [4.69, 9.17) is 12.2 Å². The molecule has 2 amide bonds. The van der Waals surface area contributed by atoms with E-state index in [-0.39, 0.29) is 11.8 Å². The van der Waals surface area contributed by atoms with Crippen molar-refractivity contribution in [3.8, 4) is 0 Å². The standard InChI is InChI=1S/C10H12N2O2S3/c1-3-11-6(13)5-16-9(11)7-8(14)12(4-2)10(15)17-7/h3-5H2,1-2H3. The molecule has 0 unspecified atom stereocenters. The summed E-state index contributed by atoms with van der Waals surface area (Å²) in [7, 11) is 0. The summed E-state index contributed by atoms with van der Waals surface area (Å²) < 4.78 is 0.580. The van der Waals surface area contributed by atoms with Crippen LogP contribution < -0.4 is 0 Å². The van der Waals surface area contributed by atoms with E-state index in [0.29, 0.717) is 28.1 Å². The van der Waals surface area contributed by atoms with Gasteiger partial charge in [-0.15, -0.1) is 0 Å². The van der Waals surface area contributed by atoms with Gasteiger partial charge in [0.25, 0.3) is 5.91 Å². The molecule has 2 heterocycles. The second-order valence-electron chi connectivity index (χ2n) is 3.48. The smallest absolute Gasteiger partial charge is 0.268 e. The summed E-state index contributed by atoms with van der Waals surface area (Å²) in [6, 6.07) is 0. The molecule has 2 aliphatic heterocycles. The lowest BCUT2D eigenvalue weighted by atomic mass is 10.4. The van der Waals surface area contributed by atoms with Gasteiger partial charge in [-0.05, 0) is 13.8 Å². The summed E-state index contributed by atoms with van der Waals surface area (Å²) in [5.74, 6) is 0.409. The van der Waals surface area contributed by atoms with Crippen LogP contribution in [0.5, 0.6) is 0 Å². The van der Waals surface area contributed by atoms with Crippen molar-refractivity contribution in [2.45, 2.75) is 13.8 Å². The van der Waals surface area contributed by atoms with Gasteiger partial charge in [0.05, 0.1) is 10.8 Å². The number of likely N-dealkylation sites (N-methyl/N-ethyl adjacent to an activating group) is 1. The highest BCUT2D eigenvalue weighted by atomic mass is 32.2. The summed E-state index contributed by atoms with van der Waals surface area (Å²) in [6.07, 6.45) is 0. The number of hydrogen-bond acceptors (Lipinski definition) is 5. The van der Waals surface area contributed by atoms with Gasteiger partial charge >= 0.3 is 0 Å². The molecule has 0 aromatic carbocycles. The number of hydrogen-bond donors (Lipinski definition) is 0. The van der Waals surface area contributed by atoms with E-state index >= 15 is 0 Å². The summed E-state index contributed by atoms with van der Waals surface area (Å²) in [5.41, 5.74) is 0. The number of thiocarbonyl (C=S) groups is 1. The van der Waals surface area contributed by atoms with Crippen LogP contribution in [0.4, 0.5) is 0 Å². The third kappa shape index (κ3) is 2.11. The first kappa shape index (κ1) is 12.9. The molecule has 0 N–H and O–H groups in total. The van der Waals surface area contributed by atoms with E-state index in [1.54, 1.807) is 9.80 Å². The van der Waals surface area contributed by atoms with Crippen molar-refractivity contribution in [3.63, 3.8) is 0 Å². The minimum atomic E-state index is -0.0712. The zero-order valence-electron chi connectivity index (χ0n) is 9.56. The van der Waals surface area contributed by atoms with Crippen molar-refractivity contribution >= 4 is 51.9 Å². The van der Waals surface area contributed by atoms with Gasteiger partial charge in [0, 0.05) is 13.1 Å². The lowest BCUT2D eigenvalue weighted by molar-refractivity contribution is -0.125. The number of nitrogens with zero attached hydrogens (tertiary/aromatic N) is 2. The Hall–Kier alpha value is -0.530. The van der Waals surface area contributed by atoms with Crippen LogP contribution in [0.2, 0.25) is 0 Å². The second-order valence-corrected chi connectivity index (χ2v) is 6.09. The van der Waals surface area contributed by atoms with Crippen molar-refractivity contribution in [2.24, 2.45) is 0 Å². The van der Waals surface area contributed by atoms with Crippen molar-refractivity contribution in [1.82, 2.24) is 9.80 Å². The number of amides is 2. The Balaban J connectivity index is 2.37. The molecule has 2 rings (SSSR count). The van der Waals surface area contributed by atoms with Crippen LogP contribution in [0.3, 0.4) is 0 Å². The van der Waals surface area contributed by atoms with Crippen LogP contribution in [0.1, 0.15) is 13.8 Å². The number of carbonyl (C=O) groups excluding carboxylic acids is 2. The van der Waals surface area contributed by atoms with Crippen molar-refractivity contribution in [2.75, 3.05) is 18.8 Å². The Morgan fingerprint density at radius 3 is 2.41 bits per heavy atom. The van der Waals surface area contributed by atoms with Gasteiger partial charge in [-0.3, -0.25) is 14.5 Å². The van der Waals surface area contributed by atoms with Crippen LogP contribution in [-0.4, -0.2) is 44.8 Å². The first-order valence-electron chi connectivity index (χ1n) is 5.31. The van der Waals surface area contributed by atoms with Crippen LogP contribution in [0.25, 0.3) is 0 Å². The van der Waals surface area contributed by atoms with Crippen LogP contribution in [-0.2, 0) is 9.59 Å². The molecule has 92 valence electrons. The normalized spacial score (nSPS) is 25.4. The summed E-state index contributed by atoms with van der Waals surface area (Å²) in [5, 5.41) is 0.769. The number of rotatable bonds is 2. The van der Waals surface area contributed by atoms with Crippen molar-refractivity contribution in [1.29, 1.82) is 0 Å². The average molecular weight is 288 g/mol. The molecule has 4 nitrogen and oxygen atoms in total. The highest BCUT2D eigenvalue weighted by molar-refractivity contribution is 8.27. The molecule has 0 aromatic heterocycles. The molecule has 7 heteroatoms. The number of thioether (sulfide) groups is 2. The van der Waals surface area contributed by atoms with Gasteiger partial charge in [-0.1, -0.05) is 35.7 Å². The Morgan fingerprint density at radius 1 is 1.24 bits per heavy atom. The number of carbonyl (C=O) groups is 2. The molecular weight excluding hydrogens is 276 g/mol. The SMILES string of the molecule is CCN1C(=O)C(=C2SCC(=O)N2CC)SC1=S. The van der Waals surface area contributed by atoms with E-state index in [0.717, 1.165) is 5.03 Å². The summed E-state index contributed by atoms with van der Waals surface area (Å²) in [6.45, 7) is 4.97. The largest absolute Gasteiger partial charge is 0.305 e. The van der Waals surface area contributed by atoms with Crippen LogP contribution >= 0.6 is 35.7 Å². The maximum atomic E-state index is 12.1. The van der Waals surface area contributed by atoms with E-state index in [2.05, 4.69) is 0 Å². The Kier molecular flexibility index (Phi) is 3.79. The molecule has 17 heavy (non-hydrogen) atoms. The zero-order valence-corrected chi connectivity index (χ0v) is 12.0. The molecule has 2 aliphatic rings. The molecule has 0 aliphatic carbocycles. The highest BCUT2D eigenvalue weighted by Gasteiger charge is 2.38. The quantitative estimate of drug-likeness (QED) is 0.570. The maximum absolute atomic E-state index is 12.1. The van der Waals surface area contributed by atoms with E-state index < -0.39 is 0 Å². The topological polar surface area (TPSA) is 40.6 Å². The van der Waals surface area contributed by atoms with Gasteiger partial charge in [-0.2, -0.15) is 0 Å². The predicted octanol–water partition coefficient (Wildman–Crippen LogP) is 1.63. The van der Waals surface area contributed by atoms with E-state index in [1.807, 2.05) is 13.8 Å². The fourth-order valence-electron chi connectivity index (χ4n) is 1.71. The van der Waals surface area contributed by atoms with E-state index in [9.17, 15) is 9.59 Å². The zero-order chi connectivity index (χ0) is 12.6. The maximum Gasteiger partial charge on any atom is 0.268 e. The lowest BCUT2D eigenvalue weighted by Crippen LogP contribution is -2.29. The van der Waals surface area contributed by atoms with Gasteiger partial charge in [0.15, 0.2) is 0 Å². The molecule has 0 aromatic rings. The highest BCUT2D eigenvalue weighted by Crippen LogP contribution is 2.41. The summed E-state index contributed by atoms with van der Waals surface area (Å²) >= 11 is 7.88. The van der Waals surface area contributed by atoms with Crippen LogP contribution in [0.15, 0.2) is 9.93 Å². The summed E-state index contributed by atoms with van der Waals surface area (Å²) in [4.78, 5) is 27.6. The molecule has 2 saturated heterocycles. The molecular formula is C10H12N2O2S3.